The van der Waals surface area contributed by atoms with Gasteiger partial charge >= 0.3 is 0 Å². The number of benzene rings is 1. The summed E-state index contributed by atoms with van der Waals surface area (Å²) in [5.74, 6) is -1.92. The minimum Gasteiger partial charge on any atom is -0.376 e. The van der Waals surface area contributed by atoms with Gasteiger partial charge in [0.2, 0.25) is 5.60 Å². The largest absolute Gasteiger partial charge is 0.376 e. The van der Waals surface area contributed by atoms with E-state index in [0.717, 1.165) is 18.9 Å². The standard InChI is InChI=1S/C17H20ClFN2O4/c18-12-6-11(7-13(19)8-12)9-20-15(22)17(24)3-4-21(16(17)23)10-14-2-1-5-25-14/h6-8,14,24H,1-5,9-10H2,(H,20,22). The van der Waals surface area contributed by atoms with Crippen LogP contribution in [0.15, 0.2) is 18.2 Å². The Hall–Kier alpha value is -1.70. The van der Waals surface area contributed by atoms with E-state index < -0.39 is 23.2 Å². The summed E-state index contributed by atoms with van der Waals surface area (Å²) in [5.41, 5.74) is -1.64. The highest BCUT2D eigenvalue weighted by Gasteiger charge is 2.51. The predicted molar refractivity (Wildman–Crippen MR) is 88.4 cm³/mol. The summed E-state index contributed by atoms with van der Waals surface area (Å²) in [6, 6.07) is 3.90. The molecule has 2 N–H and O–H groups in total. The van der Waals surface area contributed by atoms with E-state index in [0.29, 0.717) is 25.3 Å². The summed E-state index contributed by atoms with van der Waals surface area (Å²) >= 11 is 5.77. The molecule has 1 aromatic carbocycles. The lowest BCUT2D eigenvalue weighted by Gasteiger charge is -2.23. The lowest BCUT2D eigenvalue weighted by Crippen LogP contribution is -2.52. The molecule has 0 radical (unpaired) electrons. The van der Waals surface area contributed by atoms with Gasteiger partial charge < -0.3 is 20.1 Å². The highest BCUT2D eigenvalue weighted by atomic mass is 35.5. The lowest BCUT2D eigenvalue weighted by atomic mass is 10.0. The number of halogens is 2. The van der Waals surface area contributed by atoms with Crippen molar-refractivity contribution in [3.8, 4) is 0 Å². The average Bonchev–Trinajstić information content (AvgIpc) is 3.16. The molecule has 0 aliphatic carbocycles. The Kier molecular flexibility index (Phi) is 5.27. The first-order chi connectivity index (χ1) is 11.9. The maximum atomic E-state index is 13.3. The summed E-state index contributed by atoms with van der Waals surface area (Å²) < 4.78 is 18.8. The summed E-state index contributed by atoms with van der Waals surface area (Å²) in [4.78, 5) is 26.3. The van der Waals surface area contributed by atoms with E-state index >= 15 is 0 Å². The van der Waals surface area contributed by atoms with E-state index in [1.807, 2.05) is 0 Å². The molecule has 0 aromatic heterocycles. The Balaban J connectivity index is 1.59. The summed E-state index contributed by atoms with van der Waals surface area (Å²) in [5, 5.41) is 13.2. The molecule has 25 heavy (non-hydrogen) atoms. The number of carbonyl (C=O) groups is 2. The average molecular weight is 371 g/mol. The number of rotatable bonds is 5. The molecule has 0 bridgehead atoms. The maximum absolute atomic E-state index is 13.3. The molecule has 1 aromatic rings. The molecule has 2 aliphatic heterocycles. The van der Waals surface area contributed by atoms with Crippen LogP contribution in [0.25, 0.3) is 0 Å². The minimum absolute atomic E-state index is 0.0221. The zero-order valence-corrected chi connectivity index (χ0v) is 14.4. The van der Waals surface area contributed by atoms with Crippen molar-refractivity contribution in [1.29, 1.82) is 0 Å². The molecule has 2 fully saturated rings. The molecule has 2 amide bonds. The van der Waals surface area contributed by atoms with Gasteiger partial charge in [0.1, 0.15) is 5.82 Å². The smallest absolute Gasteiger partial charge is 0.264 e. The molecule has 6 nitrogen and oxygen atoms in total. The van der Waals surface area contributed by atoms with Crippen LogP contribution in [0.3, 0.4) is 0 Å². The number of ether oxygens (including phenoxy) is 1. The van der Waals surface area contributed by atoms with Crippen molar-refractivity contribution in [3.05, 3.63) is 34.6 Å². The Morgan fingerprint density at radius 3 is 2.96 bits per heavy atom. The SMILES string of the molecule is O=C(NCc1cc(F)cc(Cl)c1)C1(O)CCN(CC2CCCO2)C1=O. The minimum atomic E-state index is -2.09. The predicted octanol–water partition coefficient (Wildman–Crippen LogP) is 1.24. The monoisotopic (exact) mass is 370 g/mol. The number of nitrogens with zero attached hydrogens (tertiary/aromatic N) is 1. The van der Waals surface area contributed by atoms with Gasteiger partial charge in [0.25, 0.3) is 11.8 Å². The van der Waals surface area contributed by atoms with Crippen LogP contribution in [-0.2, 0) is 20.9 Å². The second-order valence-corrected chi connectivity index (χ2v) is 6.89. The Morgan fingerprint density at radius 2 is 2.28 bits per heavy atom. The number of carbonyl (C=O) groups excluding carboxylic acids is 2. The normalized spacial score (nSPS) is 26.3. The van der Waals surface area contributed by atoms with Crippen LogP contribution in [0, 0.1) is 5.82 Å². The van der Waals surface area contributed by atoms with Gasteiger partial charge in [-0.15, -0.1) is 0 Å². The number of nitrogens with one attached hydrogen (secondary N) is 1. The quantitative estimate of drug-likeness (QED) is 0.764. The fourth-order valence-electron chi connectivity index (χ4n) is 3.23. The Morgan fingerprint density at radius 1 is 1.48 bits per heavy atom. The molecule has 2 saturated heterocycles. The van der Waals surface area contributed by atoms with E-state index in [2.05, 4.69) is 5.32 Å². The molecular weight excluding hydrogens is 351 g/mol. The van der Waals surface area contributed by atoms with Crippen LogP contribution in [0.2, 0.25) is 5.02 Å². The van der Waals surface area contributed by atoms with E-state index in [9.17, 15) is 19.1 Å². The zero-order chi connectivity index (χ0) is 18.0. The van der Waals surface area contributed by atoms with Gasteiger partial charge in [0, 0.05) is 37.7 Å². The molecule has 136 valence electrons. The van der Waals surface area contributed by atoms with Crippen molar-refractivity contribution < 1.29 is 23.8 Å². The zero-order valence-electron chi connectivity index (χ0n) is 13.6. The van der Waals surface area contributed by atoms with Crippen molar-refractivity contribution in [1.82, 2.24) is 10.2 Å². The van der Waals surface area contributed by atoms with E-state index in [-0.39, 0.29) is 24.1 Å². The number of hydrogen-bond acceptors (Lipinski definition) is 4. The molecule has 0 spiro atoms. The van der Waals surface area contributed by atoms with Gasteiger partial charge in [-0.1, -0.05) is 11.6 Å². The molecule has 2 aliphatic rings. The molecular formula is C17H20ClFN2O4. The second-order valence-electron chi connectivity index (χ2n) is 6.46. The van der Waals surface area contributed by atoms with Gasteiger partial charge in [-0.05, 0) is 36.6 Å². The number of hydrogen-bond donors (Lipinski definition) is 2. The molecule has 2 unspecified atom stereocenters. The number of amides is 2. The van der Waals surface area contributed by atoms with Crippen LogP contribution in [0.5, 0.6) is 0 Å². The fourth-order valence-corrected chi connectivity index (χ4v) is 3.47. The third-order valence-corrected chi connectivity index (χ3v) is 4.80. The Labute approximate surface area is 149 Å². The van der Waals surface area contributed by atoms with Crippen molar-refractivity contribution in [3.63, 3.8) is 0 Å². The highest BCUT2D eigenvalue weighted by molar-refractivity contribution is 6.30. The third-order valence-electron chi connectivity index (χ3n) is 4.58. The van der Waals surface area contributed by atoms with Crippen molar-refractivity contribution >= 4 is 23.4 Å². The summed E-state index contributed by atoms with van der Waals surface area (Å²) in [7, 11) is 0. The van der Waals surface area contributed by atoms with Gasteiger partial charge in [-0.2, -0.15) is 0 Å². The van der Waals surface area contributed by atoms with Gasteiger partial charge in [-0.25, -0.2) is 4.39 Å². The summed E-state index contributed by atoms with van der Waals surface area (Å²) in [6.45, 7) is 1.33. The molecule has 0 saturated carbocycles. The molecule has 3 rings (SSSR count). The third kappa shape index (κ3) is 3.94. The maximum Gasteiger partial charge on any atom is 0.264 e. The lowest BCUT2D eigenvalue weighted by molar-refractivity contribution is -0.155. The van der Waals surface area contributed by atoms with E-state index in [1.54, 1.807) is 0 Å². The van der Waals surface area contributed by atoms with Gasteiger partial charge in [0.05, 0.1) is 6.10 Å². The van der Waals surface area contributed by atoms with Crippen molar-refractivity contribution in [2.75, 3.05) is 19.7 Å². The van der Waals surface area contributed by atoms with Crippen LogP contribution in [-0.4, -0.2) is 53.2 Å². The summed E-state index contributed by atoms with van der Waals surface area (Å²) in [6.07, 6.45) is 1.81. The number of aliphatic hydroxyl groups is 1. The van der Waals surface area contributed by atoms with Gasteiger partial charge in [0.15, 0.2) is 0 Å². The topological polar surface area (TPSA) is 78.9 Å². The van der Waals surface area contributed by atoms with Crippen molar-refractivity contribution in [2.45, 2.75) is 37.5 Å². The fraction of sp³-hybridized carbons (Fsp3) is 0.529. The molecule has 8 heteroatoms. The highest BCUT2D eigenvalue weighted by Crippen LogP contribution is 2.25. The first kappa shape index (κ1) is 18.1. The van der Waals surface area contributed by atoms with Crippen LogP contribution >= 0.6 is 11.6 Å². The number of likely N-dealkylation sites (tertiary alicyclic amines) is 1. The first-order valence-corrected chi connectivity index (χ1v) is 8.63. The molecule has 2 atom stereocenters. The van der Waals surface area contributed by atoms with E-state index in [1.165, 1.54) is 17.0 Å². The molecule has 2 heterocycles. The van der Waals surface area contributed by atoms with Crippen LogP contribution in [0.1, 0.15) is 24.8 Å². The Bertz CT molecular complexity index is 660. The second kappa shape index (κ2) is 7.27. The van der Waals surface area contributed by atoms with E-state index in [4.69, 9.17) is 16.3 Å². The van der Waals surface area contributed by atoms with Gasteiger partial charge in [-0.3, -0.25) is 9.59 Å². The van der Waals surface area contributed by atoms with Crippen LogP contribution < -0.4 is 5.32 Å². The van der Waals surface area contributed by atoms with Crippen LogP contribution in [0.4, 0.5) is 4.39 Å². The van der Waals surface area contributed by atoms with Crippen molar-refractivity contribution in [2.24, 2.45) is 0 Å². The first-order valence-electron chi connectivity index (χ1n) is 8.25.